The second-order valence-electron chi connectivity index (χ2n) is 4.17. The normalized spacial score (nSPS) is 27.2. The summed E-state index contributed by atoms with van der Waals surface area (Å²) in [6.45, 7) is 3.03. The Bertz CT molecular complexity index is 340. The molecule has 1 aliphatic rings. The summed E-state index contributed by atoms with van der Waals surface area (Å²) < 4.78 is 12.3. The molecule has 3 atom stereocenters. The van der Waals surface area contributed by atoms with Gasteiger partial charge in [0.05, 0.1) is 22.9 Å². The highest BCUT2D eigenvalue weighted by Crippen LogP contribution is 2.37. The van der Waals surface area contributed by atoms with Gasteiger partial charge in [-0.15, -0.1) is 0 Å². The number of ether oxygens (including phenoxy) is 1. The third-order valence-electron chi connectivity index (χ3n) is 3.33. The number of rotatable bonds is 4. The summed E-state index contributed by atoms with van der Waals surface area (Å²) in [4.78, 5) is 0. The van der Waals surface area contributed by atoms with Crippen molar-refractivity contribution in [1.29, 1.82) is 0 Å². The smallest absolute Gasteiger partial charge is 0.135 e. The molecule has 1 N–H and O–H groups in total. The van der Waals surface area contributed by atoms with Crippen molar-refractivity contribution in [3.63, 3.8) is 0 Å². The van der Waals surface area contributed by atoms with Gasteiger partial charge in [-0.1, -0.05) is 6.92 Å². The monoisotopic (exact) mass is 287 g/mol. The Hall–Kier alpha value is -0.320. The van der Waals surface area contributed by atoms with Crippen LogP contribution in [-0.2, 0) is 4.74 Å². The van der Waals surface area contributed by atoms with E-state index < -0.39 is 0 Å². The summed E-state index contributed by atoms with van der Waals surface area (Å²) in [5, 5.41) is 3.35. The van der Waals surface area contributed by atoms with E-state index in [1.165, 1.54) is 0 Å². The SMILES string of the molecule is CCC1OCCC1C(NC)c1occc1Br. The fraction of sp³-hybridized carbons (Fsp3) is 0.667. The maximum atomic E-state index is 5.74. The van der Waals surface area contributed by atoms with Gasteiger partial charge in [0.25, 0.3) is 0 Å². The zero-order valence-corrected chi connectivity index (χ0v) is 11.3. The van der Waals surface area contributed by atoms with Gasteiger partial charge in [0.1, 0.15) is 5.76 Å². The molecule has 1 fully saturated rings. The van der Waals surface area contributed by atoms with E-state index in [9.17, 15) is 0 Å². The number of hydrogen-bond donors (Lipinski definition) is 1. The molecule has 1 aromatic heterocycles. The third-order valence-corrected chi connectivity index (χ3v) is 3.98. The largest absolute Gasteiger partial charge is 0.466 e. The molecule has 16 heavy (non-hydrogen) atoms. The third kappa shape index (κ3) is 2.19. The van der Waals surface area contributed by atoms with Crippen LogP contribution in [0.1, 0.15) is 31.6 Å². The van der Waals surface area contributed by atoms with Crippen LogP contribution in [0.15, 0.2) is 21.2 Å². The molecule has 0 saturated carbocycles. The maximum absolute atomic E-state index is 5.74. The molecule has 0 spiro atoms. The highest BCUT2D eigenvalue weighted by Gasteiger charge is 2.35. The first-order chi connectivity index (χ1) is 7.77. The molecule has 0 aromatic carbocycles. The average molecular weight is 288 g/mol. The molecular weight excluding hydrogens is 270 g/mol. The second-order valence-corrected chi connectivity index (χ2v) is 5.02. The van der Waals surface area contributed by atoms with Gasteiger partial charge in [-0.25, -0.2) is 0 Å². The zero-order valence-electron chi connectivity index (χ0n) is 9.70. The van der Waals surface area contributed by atoms with Crippen LogP contribution in [0.25, 0.3) is 0 Å². The van der Waals surface area contributed by atoms with E-state index in [1.54, 1.807) is 6.26 Å². The van der Waals surface area contributed by atoms with Crippen LogP contribution in [0, 0.1) is 5.92 Å². The molecule has 1 aliphatic heterocycles. The van der Waals surface area contributed by atoms with Crippen LogP contribution in [-0.4, -0.2) is 19.8 Å². The first kappa shape index (κ1) is 12.1. The molecular formula is C12H18BrNO2. The highest BCUT2D eigenvalue weighted by molar-refractivity contribution is 9.10. The number of furan rings is 1. The van der Waals surface area contributed by atoms with Crippen molar-refractivity contribution < 1.29 is 9.15 Å². The van der Waals surface area contributed by atoms with Crippen LogP contribution in [0.2, 0.25) is 0 Å². The first-order valence-electron chi connectivity index (χ1n) is 5.79. The minimum absolute atomic E-state index is 0.233. The second kappa shape index (κ2) is 5.34. The van der Waals surface area contributed by atoms with Crippen molar-refractivity contribution in [2.75, 3.05) is 13.7 Å². The minimum Gasteiger partial charge on any atom is -0.466 e. The lowest BCUT2D eigenvalue weighted by atomic mass is 9.90. The van der Waals surface area contributed by atoms with E-state index in [0.29, 0.717) is 12.0 Å². The number of halogens is 1. The van der Waals surface area contributed by atoms with Crippen LogP contribution in [0.5, 0.6) is 0 Å². The van der Waals surface area contributed by atoms with Crippen LogP contribution >= 0.6 is 15.9 Å². The van der Waals surface area contributed by atoms with E-state index in [4.69, 9.17) is 9.15 Å². The molecule has 90 valence electrons. The van der Waals surface area contributed by atoms with Gasteiger partial charge in [-0.3, -0.25) is 0 Å². The van der Waals surface area contributed by atoms with Crippen molar-refractivity contribution in [1.82, 2.24) is 5.32 Å². The van der Waals surface area contributed by atoms with E-state index in [-0.39, 0.29) is 6.04 Å². The molecule has 0 bridgehead atoms. The van der Waals surface area contributed by atoms with Crippen molar-refractivity contribution >= 4 is 15.9 Å². The maximum Gasteiger partial charge on any atom is 0.135 e. The molecule has 2 heterocycles. The van der Waals surface area contributed by atoms with E-state index >= 15 is 0 Å². The quantitative estimate of drug-likeness (QED) is 0.924. The van der Waals surface area contributed by atoms with E-state index in [0.717, 1.165) is 29.7 Å². The van der Waals surface area contributed by atoms with Crippen molar-refractivity contribution in [2.45, 2.75) is 31.9 Å². The molecule has 0 aliphatic carbocycles. The van der Waals surface area contributed by atoms with Gasteiger partial charge < -0.3 is 14.5 Å². The molecule has 2 rings (SSSR count). The molecule has 4 heteroatoms. The van der Waals surface area contributed by atoms with Crippen molar-refractivity contribution in [3.05, 3.63) is 22.6 Å². The zero-order chi connectivity index (χ0) is 11.5. The summed E-state index contributed by atoms with van der Waals surface area (Å²) in [7, 11) is 1.98. The van der Waals surface area contributed by atoms with E-state index in [2.05, 4.69) is 28.2 Å². The van der Waals surface area contributed by atoms with Crippen LogP contribution < -0.4 is 5.32 Å². The van der Waals surface area contributed by atoms with Crippen molar-refractivity contribution in [2.24, 2.45) is 5.92 Å². The van der Waals surface area contributed by atoms with E-state index in [1.807, 2.05) is 13.1 Å². The lowest BCUT2D eigenvalue weighted by Gasteiger charge is -2.25. The van der Waals surface area contributed by atoms with Gasteiger partial charge >= 0.3 is 0 Å². The Kier molecular flexibility index (Phi) is 4.05. The molecule has 1 saturated heterocycles. The summed E-state index contributed by atoms with van der Waals surface area (Å²) in [5.74, 6) is 1.48. The predicted octanol–water partition coefficient (Wildman–Crippen LogP) is 3.12. The topological polar surface area (TPSA) is 34.4 Å². The molecule has 0 amide bonds. The lowest BCUT2D eigenvalue weighted by Crippen LogP contribution is -2.30. The Morgan fingerprint density at radius 1 is 1.62 bits per heavy atom. The van der Waals surface area contributed by atoms with Gasteiger partial charge in [-0.05, 0) is 41.9 Å². The standard InChI is InChI=1S/C12H18BrNO2/c1-3-10-8(4-6-15-10)11(14-2)12-9(13)5-7-16-12/h5,7-8,10-11,14H,3-4,6H2,1-2H3. The van der Waals surface area contributed by atoms with Crippen molar-refractivity contribution in [3.8, 4) is 0 Å². The molecule has 3 nitrogen and oxygen atoms in total. The molecule has 0 radical (unpaired) electrons. The fourth-order valence-corrected chi connectivity index (χ4v) is 2.98. The first-order valence-corrected chi connectivity index (χ1v) is 6.59. The Labute approximate surface area is 105 Å². The van der Waals surface area contributed by atoms with Gasteiger partial charge in [0.15, 0.2) is 0 Å². The Morgan fingerprint density at radius 2 is 2.44 bits per heavy atom. The van der Waals surface area contributed by atoms with Crippen LogP contribution in [0.3, 0.4) is 0 Å². The van der Waals surface area contributed by atoms with Gasteiger partial charge in [0, 0.05) is 12.5 Å². The Morgan fingerprint density at radius 3 is 3.00 bits per heavy atom. The van der Waals surface area contributed by atoms with Crippen LogP contribution in [0.4, 0.5) is 0 Å². The lowest BCUT2D eigenvalue weighted by molar-refractivity contribution is 0.0756. The fourth-order valence-electron chi connectivity index (χ4n) is 2.53. The van der Waals surface area contributed by atoms with Gasteiger partial charge in [0.2, 0.25) is 0 Å². The summed E-state index contributed by atoms with van der Waals surface area (Å²) in [6.07, 6.45) is 4.22. The summed E-state index contributed by atoms with van der Waals surface area (Å²) >= 11 is 3.52. The highest BCUT2D eigenvalue weighted by atomic mass is 79.9. The summed E-state index contributed by atoms with van der Waals surface area (Å²) in [6, 6.07) is 2.17. The Balaban J connectivity index is 2.19. The number of hydrogen-bond acceptors (Lipinski definition) is 3. The minimum atomic E-state index is 0.233. The number of nitrogens with one attached hydrogen (secondary N) is 1. The summed E-state index contributed by atoms with van der Waals surface area (Å²) in [5.41, 5.74) is 0. The molecule has 3 unspecified atom stereocenters. The predicted molar refractivity (Wildman–Crippen MR) is 66.3 cm³/mol. The van der Waals surface area contributed by atoms with Gasteiger partial charge in [-0.2, -0.15) is 0 Å². The molecule has 1 aromatic rings. The average Bonchev–Trinajstić information content (AvgIpc) is 2.90.